The number of hydrogen-bond donors (Lipinski definition) is 0. The van der Waals surface area contributed by atoms with Crippen LogP contribution in [0.3, 0.4) is 0 Å². The molecule has 0 heterocycles. The smallest absolute Gasteiger partial charge is 0.256 e. The van der Waals surface area contributed by atoms with Crippen molar-refractivity contribution in [3.8, 4) is 0 Å². The second-order valence-electron chi connectivity index (χ2n) is 1.05. The summed E-state index contributed by atoms with van der Waals surface area (Å²) in [5, 5.41) is 0. The van der Waals surface area contributed by atoms with Gasteiger partial charge in [0.2, 0.25) is 0 Å². The zero-order valence-electron chi connectivity index (χ0n) is 3.49. The van der Waals surface area contributed by atoms with Gasteiger partial charge in [0.05, 0.1) is 0 Å². The zero-order valence-corrected chi connectivity index (χ0v) is 3.49. The summed E-state index contributed by atoms with van der Waals surface area (Å²) in [5.74, 6) is 0. The molecule has 0 spiro atoms. The summed E-state index contributed by atoms with van der Waals surface area (Å²) in [6.07, 6.45) is 0. The molecule has 0 aliphatic heterocycles. The van der Waals surface area contributed by atoms with Gasteiger partial charge < -0.3 is 0 Å². The van der Waals surface area contributed by atoms with Crippen molar-refractivity contribution in [1.82, 2.24) is 0 Å². The number of hydrogen-bond acceptors (Lipinski definition) is 1. The van der Waals surface area contributed by atoms with E-state index in [1.807, 2.05) is 0 Å². The lowest BCUT2D eigenvalue weighted by atomic mass is 10.4. The number of carbonyl (C=O) groups is 1. The Morgan fingerprint density at radius 2 is 2.00 bits per heavy atom. The lowest BCUT2D eigenvalue weighted by molar-refractivity contribution is -0.125. The minimum atomic E-state index is -1.44. The standard InChI is InChI=1S/C4H5FO/c1-3(2)4(5)6/h1H2,2H3. The van der Waals surface area contributed by atoms with Crippen molar-refractivity contribution in [3.05, 3.63) is 12.2 Å². The highest BCUT2D eigenvalue weighted by Crippen LogP contribution is 1.87. The second-order valence-corrected chi connectivity index (χ2v) is 1.05. The van der Waals surface area contributed by atoms with Crippen LogP contribution in [0.4, 0.5) is 4.39 Å². The summed E-state index contributed by atoms with van der Waals surface area (Å²) in [7, 11) is 0. The quantitative estimate of drug-likeness (QED) is 0.346. The molecule has 0 aromatic rings. The van der Waals surface area contributed by atoms with Crippen LogP contribution < -0.4 is 0 Å². The Hall–Kier alpha value is -0.660. The van der Waals surface area contributed by atoms with E-state index in [1.165, 1.54) is 6.92 Å². The molecule has 0 aliphatic carbocycles. The van der Waals surface area contributed by atoms with Crippen molar-refractivity contribution < 1.29 is 9.18 Å². The topological polar surface area (TPSA) is 17.1 Å². The molecule has 6 heavy (non-hydrogen) atoms. The molecule has 0 saturated carbocycles. The third-order valence-corrected chi connectivity index (χ3v) is 0.336. The molecule has 0 fully saturated rings. The lowest BCUT2D eigenvalue weighted by Crippen LogP contribution is -1.83. The van der Waals surface area contributed by atoms with Crippen molar-refractivity contribution >= 4 is 6.04 Å². The Bertz CT molecular complexity index is 73.5. The number of rotatable bonds is 1. The van der Waals surface area contributed by atoms with E-state index in [2.05, 4.69) is 6.58 Å². The average Bonchev–Trinajstić information content (AvgIpc) is 1.36. The fourth-order valence-corrected chi connectivity index (χ4v) is 0. The SMILES string of the molecule is C=C(C)C(=O)F. The maximum absolute atomic E-state index is 11.1. The highest BCUT2D eigenvalue weighted by Gasteiger charge is 1.92. The molecule has 34 valence electrons. The summed E-state index contributed by atoms with van der Waals surface area (Å²) in [5.41, 5.74) is -0.0463. The number of allylic oxidation sites excluding steroid dienone is 1. The fraction of sp³-hybridized carbons (Fsp3) is 0.250. The molecule has 0 radical (unpaired) electrons. The highest BCUT2D eigenvalue weighted by molar-refractivity contribution is 5.85. The summed E-state index contributed by atoms with van der Waals surface area (Å²) >= 11 is 0. The van der Waals surface area contributed by atoms with E-state index in [-0.39, 0.29) is 5.57 Å². The first kappa shape index (κ1) is 5.34. The van der Waals surface area contributed by atoms with Crippen molar-refractivity contribution in [2.24, 2.45) is 0 Å². The Kier molecular flexibility index (Phi) is 1.51. The van der Waals surface area contributed by atoms with Gasteiger partial charge in [-0.05, 0) is 6.92 Å². The van der Waals surface area contributed by atoms with E-state index < -0.39 is 6.04 Å². The Morgan fingerprint density at radius 3 is 2.00 bits per heavy atom. The van der Waals surface area contributed by atoms with Gasteiger partial charge in [0.25, 0.3) is 0 Å². The second kappa shape index (κ2) is 1.70. The first-order chi connectivity index (χ1) is 2.64. The number of halogens is 1. The monoisotopic (exact) mass is 88.0 g/mol. The van der Waals surface area contributed by atoms with Crippen LogP contribution in [-0.2, 0) is 4.79 Å². The highest BCUT2D eigenvalue weighted by atomic mass is 19.1. The van der Waals surface area contributed by atoms with Gasteiger partial charge in [-0.1, -0.05) is 6.58 Å². The van der Waals surface area contributed by atoms with E-state index in [0.717, 1.165) is 0 Å². The predicted molar refractivity (Wildman–Crippen MR) is 20.9 cm³/mol. The van der Waals surface area contributed by atoms with Crippen LogP contribution in [0.5, 0.6) is 0 Å². The molecule has 0 N–H and O–H groups in total. The minimum Gasteiger partial charge on any atom is -0.256 e. The van der Waals surface area contributed by atoms with Crippen molar-refractivity contribution in [1.29, 1.82) is 0 Å². The van der Waals surface area contributed by atoms with Crippen LogP contribution in [0, 0.1) is 0 Å². The van der Waals surface area contributed by atoms with E-state index in [1.54, 1.807) is 0 Å². The lowest BCUT2D eigenvalue weighted by Gasteiger charge is -1.75. The van der Waals surface area contributed by atoms with E-state index in [4.69, 9.17) is 0 Å². The van der Waals surface area contributed by atoms with Crippen molar-refractivity contribution in [3.63, 3.8) is 0 Å². The largest absolute Gasteiger partial charge is 0.327 e. The van der Waals surface area contributed by atoms with Gasteiger partial charge in [0.1, 0.15) is 0 Å². The third kappa shape index (κ3) is 1.64. The molecule has 0 rings (SSSR count). The van der Waals surface area contributed by atoms with Crippen LogP contribution >= 0.6 is 0 Å². The van der Waals surface area contributed by atoms with Gasteiger partial charge in [-0.25, -0.2) is 0 Å². The van der Waals surface area contributed by atoms with Crippen LogP contribution in [0.2, 0.25) is 0 Å². The van der Waals surface area contributed by atoms with Gasteiger partial charge in [-0.15, -0.1) is 0 Å². The molecule has 0 aromatic heterocycles. The Morgan fingerprint density at radius 1 is 1.83 bits per heavy atom. The molecule has 0 bridgehead atoms. The average molecular weight is 88.1 g/mol. The van der Waals surface area contributed by atoms with E-state index in [9.17, 15) is 9.18 Å². The van der Waals surface area contributed by atoms with Gasteiger partial charge in [-0.3, -0.25) is 4.79 Å². The first-order valence-corrected chi connectivity index (χ1v) is 1.50. The fourth-order valence-electron chi connectivity index (χ4n) is 0. The molecule has 0 unspecified atom stereocenters. The van der Waals surface area contributed by atoms with Crippen LogP contribution in [0.25, 0.3) is 0 Å². The summed E-state index contributed by atoms with van der Waals surface area (Å²) in [6.45, 7) is 4.35. The molecule has 1 nitrogen and oxygen atoms in total. The van der Waals surface area contributed by atoms with Crippen LogP contribution in [0.1, 0.15) is 6.92 Å². The molecule has 0 saturated heterocycles. The minimum absolute atomic E-state index is 0.0463. The van der Waals surface area contributed by atoms with Gasteiger partial charge >= 0.3 is 6.04 Å². The van der Waals surface area contributed by atoms with Crippen LogP contribution in [0.15, 0.2) is 12.2 Å². The normalized spacial score (nSPS) is 7.67. The van der Waals surface area contributed by atoms with Gasteiger partial charge in [0, 0.05) is 5.57 Å². The predicted octanol–water partition coefficient (Wildman–Crippen LogP) is 1.06. The van der Waals surface area contributed by atoms with E-state index in [0.29, 0.717) is 0 Å². The summed E-state index contributed by atoms with van der Waals surface area (Å²) in [4.78, 5) is 9.38. The molecular weight excluding hydrogens is 83.0 g/mol. The van der Waals surface area contributed by atoms with Crippen molar-refractivity contribution in [2.75, 3.05) is 0 Å². The molecule has 0 amide bonds. The molecule has 0 aromatic carbocycles. The Balaban J connectivity index is 3.57. The Labute approximate surface area is 35.5 Å². The molecular formula is C4H5FO. The maximum atomic E-state index is 11.1. The van der Waals surface area contributed by atoms with Crippen molar-refractivity contribution in [2.45, 2.75) is 6.92 Å². The van der Waals surface area contributed by atoms with Gasteiger partial charge in [-0.2, -0.15) is 4.39 Å². The zero-order chi connectivity index (χ0) is 5.15. The van der Waals surface area contributed by atoms with Gasteiger partial charge in [0.15, 0.2) is 0 Å². The van der Waals surface area contributed by atoms with Crippen LogP contribution in [-0.4, -0.2) is 6.04 Å². The molecule has 0 atom stereocenters. The molecule has 0 aliphatic rings. The first-order valence-electron chi connectivity index (χ1n) is 1.50. The number of carbonyl (C=O) groups excluding carboxylic acids is 1. The third-order valence-electron chi connectivity index (χ3n) is 0.336. The summed E-state index contributed by atoms with van der Waals surface area (Å²) < 4.78 is 11.1. The maximum Gasteiger partial charge on any atom is 0.327 e. The molecule has 2 heteroatoms. The van der Waals surface area contributed by atoms with E-state index >= 15 is 0 Å². The summed E-state index contributed by atoms with van der Waals surface area (Å²) in [6, 6.07) is -1.44.